The normalized spacial score (nSPS) is 22.0. The lowest BCUT2D eigenvalue weighted by atomic mass is 9.94. The molecule has 5 heteroatoms. The van der Waals surface area contributed by atoms with Crippen LogP contribution >= 0.6 is 0 Å². The number of urea groups is 1. The van der Waals surface area contributed by atoms with Crippen LogP contribution in [-0.2, 0) is 0 Å². The minimum absolute atomic E-state index is 0.152. The molecule has 0 aromatic rings. The summed E-state index contributed by atoms with van der Waals surface area (Å²) in [6.07, 6.45) is 11.5. The molecule has 0 aliphatic heterocycles. The molecule has 128 valence electrons. The summed E-state index contributed by atoms with van der Waals surface area (Å²) in [5.74, 6) is 0. The first-order valence-corrected chi connectivity index (χ1v) is 9.03. The Morgan fingerprint density at radius 3 is 2.50 bits per heavy atom. The molecule has 0 heterocycles. The fraction of sp³-hybridized carbons (Fsp3) is 0.941. The highest BCUT2D eigenvalue weighted by atomic mass is 16.3. The molecular formula is C17H33N3O2. The van der Waals surface area contributed by atoms with Crippen molar-refractivity contribution in [3.8, 4) is 0 Å². The molecule has 0 radical (unpaired) electrons. The summed E-state index contributed by atoms with van der Waals surface area (Å²) in [6.45, 7) is 2.11. The van der Waals surface area contributed by atoms with E-state index in [2.05, 4.69) is 22.6 Å². The number of nitrogens with zero attached hydrogens (tertiary/aromatic N) is 1. The predicted octanol–water partition coefficient (Wildman–Crippen LogP) is 2.25. The standard InChI is InChI=1S/C17H33N3O2/c1-20(15-8-3-2-4-9-15)13-7-12-18-16(21)19-14-17(22)10-5-6-11-17/h15,22H,2-14H2,1H3,(H2,18,19,21). The minimum Gasteiger partial charge on any atom is -0.388 e. The van der Waals surface area contributed by atoms with E-state index in [1.54, 1.807) is 0 Å². The van der Waals surface area contributed by atoms with Crippen molar-refractivity contribution < 1.29 is 9.90 Å². The van der Waals surface area contributed by atoms with Crippen molar-refractivity contribution in [2.45, 2.75) is 75.9 Å². The quantitative estimate of drug-likeness (QED) is 0.632. The maximum Gasteiger partial charge on any atom is 0.314 e. The third-order valence-electron chi connectivity index (χ3n) is 5.28. The molecular weight excluding hydrogens is 278 g/mol. The fourth-order valence-corrected chi connectivity index (χ4v) is 3.75. The Kier molecular flexibility index (Phi) is 6.96. The second-order valence-corrected chi connectivity index (χ2v) is 7.17. The monoisotopic (exact) mass is 311 g/mol. The Morgan fingerprint density at radius 2 is 1.82 bits per heavy atom. The van der Waals surface area contributed by atoms with Crippen LogP contribution in [0.15, 0.2) is 0 Å². The summed E-state index contributed by atoms with van der Waals surface area (Å²) in [7, 11) is 2.20. The molecule has 0 spiro atoms. The number of carbonyl (C=O) groups excluding carboxylic acids is 1. The van der Waals surface area contributed by atoms with E-state index in [0.717, 1.165) is 44.7 Å². The zero-order valence-electron chi connectivity index (χ0n) is 14.1. The van der Waals surface area contributed by atoms with Gasteiger partial charge in [0.05, 0.1) is 5.60 Å². The lowest BCUT2D eigenvalue weighted by Crippen LogP contribution is -2.45. The van der Waals surface area contributed by atoms with E-state index in [9.17, 15) is 9.90 Å². The highest BCUT2D eigenvalue weighted by Gasteiger charge is 2.31. The molecule has 2 saturated carbocycles. The average molecular weight is 311 g/mol. The molecule has 2 aliphatic rings. The predicted molar refractivity (Wildman–Crippen MR) is 88.9 cm³/mol. The highest BCUT2D eigenvalue weighted by molar-refractivity contribution is 5.73. The van der Waals surface area contributed by atoms with Crippen LogP contribution in [0.4, 0.5) is 4.79 Å². The van der Waals surface area contributed by atoms with Gasteiger partial charge in [-0.25, -0.2) is 4.79 Å². The smallest absolute Gasteiger partial charge is 0.314 e. The van der Waals surface area contributed by atoms with Gasteiger partial charge < -0.3 is 20.6 Å². The van der Waals surface area contributed by atoms with Gasteiger partial charge in [0.1, 0.15) is 0 Å². The number of aliphatic hydroxyl groups is 1. The number of hydrogen-bond acceptors (Lipinski definition) is 3. The highest BCUT2D eigenvalue weighted by Crippen LogP contribution is 2.28. The Balaban J connectivity index is 1.51. The van der Waals surface area contributed by atoms with Crippen LogP contribution in [0, 0.1) is 0 Å². The van der Waals surface area contributed by atoms with Gasteiger partial charge in [0.15, 0.2) is 0 Å². The third kappa shape index (κ3) is 5.76. The van der Waals surface area contributed by atoms with E-state index in [1.807, 2.05) is 0 Å². The molecule has 0 aromatic heterocycles. The van der Waals surface area contributed by atoms with Crippen molar-refractivity contribution in [3.05, 3.63) is 0 Å². The van der Waals surface area contributed by atoms with Gasteiger partial charge in [-0.05, 0) is 45.7 Å². The fourth-order valence-electron chi connectivity index (χ4n) is 3.75. The van der Waals surface area contributed by atoms with Crippen LogP contribution in [0.2, 0.25) is 0 Å². The van der Waals surface area contributed by atoms with Crippen LogP contribution in [-0.4, -0.2) is 54.4 Å². The Hall–Kier alpha value is -0.810. The molecule has 2 fully saturated rings. The Morgan fingerprint density at radius 1 is 1.14 bits per heavy atom. The second-order valence-electron chi connectivity index (χ2n) is 7.17. The zero-order valence-corrected chi connectivity index (χ0v) is 14.1. The molecule has 0 aromatic carbocycles. The van der Waals surface area contributed by atoms with Crippen LogP contribution in [0.25, 0.3) is 0 Å². The SMILES string of the molecule is CN(CCCNC(=O)NCC1(O)CCCC1)C1CCCCC1. The summed E-state index contributed by atoms with van der Waals surface area (Å²) in [5, 5.41) is 15.9. The number of carbonyl (C=O) groups is 1. The number of nitrogens with one attached hydrogen (secondary N) is 2. The summed E-state index contributed by atoms with van der Waals surface area (Å²) < 4.78 is 0. The van der Waals surface area contributed by atoms with Gasteiger partial charge in [-0.1, -0.05) is 32.1 Å². The molecule has 2 aliphatic carbocycles. The van der Waals surface area contributed by atoms with Gasteiger partial charge in [-0.3, -0.25) is 0 Å². The second kappa shape index (κ2) is 8.73. The van der Waals surface area contributed by atoms with E-state index in [1.165, 1.54) is 32.1 Å². The Bertz CT molecular complexity index is 337. The van der Waals surface area contributed by atoms with E-state index in [0.29, 0.717) is 13.1 Å². The molecule has 22 heavy (non-hydrogen) atoms. The Labute approximate surface area is 134 Å². The number of hydrogen-bond donors (Lipinski definition) is 3. The lowest BCUT2D eigenvalue weighted by Gasteiger charge is -2.31. The minimum atomic E-state index is -0.668. The molecule has 0 atom stereocenters. The van der Waals surface area contributed by atoms with Gasteiger partial charge in [-0.15, -0.1) is 0 Å². The van der Waals surface area contributed by atoms with E-state index in [4.69, 9.17) is 0 Å². The molecule has 5 nitrogen and oxygen atoms in total. The van der Waals surface area contributed by atoms with Gasteiger partial charge in [-0.2, -0.15) is 0 Å². The van der Waals surface area contributed by atoms with Crippen LogP contribution in [0.3, 0.4) is 0 Å². The van der Waals surface area contributed by atoms with Crippen molar-refractivity contribution in [2.75, 3.05) is 26.7 Å². The first-order chi connectivity index (χ1) is 10.6. The molecule has 3 N–H and O–H groups in total. The summed E-state index contributed by atoms with van der Waals surface area (Å²) in [6, 6.07) is 0.583. The summed E-state index contributed by atoms with van der Waals surface area (Å²) in [5.41, 5.74) is -0.668. The van der Waals surface area contributed by atoms with Crippen LogP contribution in [0.5, 0.6) is 0 Å². The molecule has 0 saturated heterocycles. The first-order valence-electron chi connectivity index (χ1n) is 9.03. The van der Waals surface area contributed by atoms with Crippen molar-refractivity contribution in [1.29, 1.82) is 0 Å². The molecule has 2 rings (SSSR count). The average Bonchev–Trinajstić information content (AvgIpc) is 2.97. The van der Waals surface area contributed by atoms with Crippen molar-refractivity contribution >= 4 is 6.03 Å². The summed E-state index contributed by atoms with van der Waals surface area (Å²) in [4.78, 5) is 14.2. The topological polar surface area (TPSA) is 64.6 Å². The van der Waals surface area contributed by atoms with Crippen LogP contribution < -0.4 is 10.6 Å². The third-order valence-corrected chi connectivity index (χ3v) is 5.28. The number of amides is 2. The molecule has 0 bridgehead atoms. The number of rotatable bonds is 7. The maximum atomic E-state index is 11.7. The van der Waals surface area contributed by atoms with Gasteiger partial charge >= 0.3 is 6.03 Å². The van der Waals surface area contributed by atoms with Gasteiger partial charge in [0, 0.05) is 19.1 Å². The molecule has 0 unspecified atom stereocenters. The first kappa shape index (κ1) is 17.5. The largest absolute Gasteiger partial charge is 0.388 e. The van der Waals surface area contributed by atoms with Crippen molar-refractivity contribution in [2.24, 2.45) is 0 Å². The van der Waals surface area contributed by atoms with E-state index < -0.39 is 5.60 Å². The van der Waals surface area contributed by atoms with E-state index >= 15 is 0 Å². The zero-order chi connectivity index (χ0) is 15.8. The van der Waals surface area contributed by atoms with Crippen LogP contribution in [0.1, 0.15) is 64.2 Å². The summed E-state index contributed by atoms with van der Waals surface area (Å²) >= 11 is 0. The van der Waals surface area contributed by atoms with Gasteiger partial charge in [0.2, 0.25) is 0 Å². The van der Waals surface area contributed by atoms with E-state index in [-0.39, 0.29) is 6.03 Å². The van der Waals surface area contributed by atoms with Gasteiger partial charge in [0.25, 0.3) is 0 Å². The molecule has 2 amide bonds. The lowest BCUT2D eigenvalue weighted by molar-refractivity contribution is 0.0501. The maximum absolute atomic E-state index is 11.7. The van der Waals surface area contributed by atoms with Crippen molar-refractivity contribution in [3.63, 3.8) is 0 Å². The van der Waals surface area contributed by atoms with Crippen molar-refractivity contribution in [1.82, 2.24) is 15.5 Å².